The van der Waals surface area contributed by atoms with Gasteiger partial charge in [-0.2, -0.15) is 0 Å². The third-order valence-electron chi connectivity index (χ3n) is 9.14. The number of carbonyl (C=O) groups excluding carboxylic acids is 2. The summed E-state index contributed by atoms with van der Waals surface area (Å²) in [7, 11) is 1.47. The highest BCUT2D eigenvalue weighted by molar-refractivity contribution is 7.47. The Morgan fingerprint density at radius 1 is 0.574 bits per heavy atom. The van der Waals surface area contributed by atoms with Crippen LogP contribution in [0.3, 0.4) is 0 Å². The Balaban J connectivity index is 4.31. The highest BCUT2D eigenvalue weighted by Crippen LogP contribution is 2.43. The molecular formula is C44H83NO8P+. The average molecular weight is 785 g/mol. The van der Waals surface area contributed by atoms with Gasteiger partial charge in [-0.3, -0.25) is 18.6 Å². The zero-order valence-electron chi connectivity index (χ0n) is 35.5. The van der Waals surface area contributed by atoms with Crippen molar-refractivity contribution in [2.24, 2.45) is 0 Å². The summed E-state index contributed by atoms with van der Waals surface area (Å²) in [6, 6.07) is 0. The topological polar surface area (TPSA) is 108 Å². The number of rotatable bonds is 39. The van der Waals surface area contributed by atoms with Gasteiger partial charge in [0.05, 0.1) is 27.7 Å². The first-order chi connectivity index (χ1) is 26.0. The number of quaternary nitrogens is 1. The molecule has 0 aromatic carbocycles. The lowest BCUT2D eigenvalue weighted by molar-refractivity contribution is -0.870. The molecule has 0 saturated carbocycles. The van der Waals surface area contributed by atoms with Gasteiger partial charge in [0.25, 0.3) is 0 Å². The van der Waals surface area contributed by atoms with Crippen LogP contribution in [0, 0.1) is 0 Å². The number of phosphoric acid groups is 1. The summed E-state index contributed by atoms with van der Waals surface area (Å²) < 4.78 is 34.2. The monoisotopic (exact) mass is 785 g/mol. The standard InChI is InChI=1S/C44H82NO8P/c1-6-8-10-12-14-16-18-19-20-21-22-23-24-25-27-28-30-32-34-36-43(46)50-40-42(41-52-54(48,49)51-39-38-45(3,4)5)53-44(47)37-35-33-31-29-26-17-15-13-11-9-7-2/h13-16,19-20,42H,6-12,17-18,21-41H2,1-5H3/p+1/b15-13+,16-14+,20-19+/t42-/m0/s1. The Morgan fingerprint density at radius 2 is 1.02 bits per heavy atom. The first-order valence-corrected chi connectivity index (χ1v) is 23.2. The summed E-state index contributed by atoms with van der Waals surface area (Å²) in [6.45, 7) is 4.34. The molecule has 1 N–H and O–H groups in total. The lowest BCUT2D eigenvalue weighted by Gasteiger charge is -2.24. The minimum absolute atomic E-state index is 0.0292. The number of nitrogens with zero attached hydrogens (tertiary/aromatic N) is 1. The van der Waals surface area contributed by atoms with Crippen molar-refractivity contribution < 1.29 is 42.1 Å². The second-order valence-electron chi connectivity index (χ2n) is 15.7. The summed E-state index contributed by atoms with van der Waals surface area (Å²) in [5, 5.41) is 0. The quantitative estimate of drug-likeness (QED) is 0.0216. The lowest BCUT2D eigenvalue weighted by atomic mass is 10.1. The molecule has 0 rings (SSSR count). The first kappa shape index (κ1) is 52.2. The Bertz CT molecular complexity index is 1020. The van der Waals surface area contributed by atoms with Crippen LogP contribution in [0.15, 0.2) is 36.5 Å². The largest absolute Gasteiger partial charge is 0.472 e. The number of hydrogen-bond acceptors (Lipinski definition) is 7. The van der Waals surface area contributed by atoms with E-state index in [1.807, 2.05) is 21.1 Å². The van der Waals surface area contributed by atoms with Crippen LogP contribution in [0.1, 0.15) is 181 Å². The van der Waals surface area contributed by atoms with E-state index in [2.05, 4.69) is 50.3 Å². The SMILES string of the molecule is CCCC/C=C/CCCCCCCC(=O)O[C@@H](COC(=O)CCCCCCCCCCC/C=C/C/C=C/CCCCC)COP(=O)(O)OCC[N+](C)(C)C. The minimum Gasteiger partial charge on any atom is -0.462 e. The lowest BCUT2D eigenvalue weighted by Crippen LogP contribution is -2.37. The highest BCUT2D eigenvalue weighted by atomic mass is 31.2. The van der Waals surface area contributed by atoms with Gasteiger partial charge in [-0.15, -0.1) is 0 Å². The molecule has 0 radical (unpaired) electrons. The summed E-state index contributed by atoms with van der Waals surface area (Å²) in [5.41, 5.74) is 0. The van der Waals surface area contributed by atoms with Crippen LogP contribution in [-0.2, 0) is 32.7 Å². The van der Waals surface area contributed by atoms with Gasteiger partial charge in [-0.05, 0) is 64.2 Å². The number of ether oxygens (including phenoxy) is 2. The Hall–Kier alpha value is -1.77. The molecule has 0 aromatic rings. The maximum absolute atomic E-state index is 12.6. The van der Waals surface area contributed by atoms with Crippen LogP contribution in [-0.4, -0.2) is 74.9 Å². The molecule has 0 heterocycles. The van der Waals surface area contributed by atoms with E-state index in [1.54, 1.807) is 0 Å². The minimum atomic E-state index is -4.37. The fourth-order valence-electron chi connectivity index (χ4n) is 5.67. The van der Waals surface area contributed by atoms with Crippen molar-refractivity contribution in [3.05, 3.63) is 36.5 Å². The Morgan fingerprint density at radius 3 is 1.54 bits per heavy atom. The molecule has 0 saturated heterocycles. The van der Waals surface area contributed by atoms with Crippen molar-refractivity contribution in [2.45, 2.75) is 187 Å². The molecule has 0 aromatic heterocycles. The van der Waals surface area contributed by atoms with E-state index in [1.165, 1.54) is 83.5 Å². The van der Waals surface area contributed by atoms with E-state index in [9.17, 15) is 19.0 Å². The summed E-state index contributed by atoms with van der Waals surface area (Å²) in [5.74, 6) is -0.815. The van der Waals surface area contributed by atoms with E-state index in [0.717, 1.165) is 64.2 Å². The van der Waals surface area contributed by atoms with Gasteiger partial charge in [-0.25, -0.2) is 4.57 Å². The average Bonchev–Trinajstić information content (AvgIpc) is 3.12. The molecule has 0 fully saturated rings. The smallest absolute Gasteiger partial charge is 0.462 e. The van der Waals surface area contributed by atoms with E-state index >= 15 is 0 Å². The number of allylic oxidation sites excluding steroid dienone is 6. The number of likely N-dealkylation sites (N-methyl/N-ethyl adjacent to an activating group) is 1. The molecule has 9 nitrogen and oxygen atoms in total. The van der Waals surface area contributed by atoms with E-state index < -0.39 is 26.5 Å². The zero-order valence-corrected chi connectivity index (χ0v) is 36.3. The molecule has 2 atom stereocenters. The van der Waals surface area contributed by atoms with E-state index in [4.69, 9.17) is 18.5 Å². The number of phosphoric ester groups is 1. The summed E-state index contributed by atoms with van der Waals surface area (Å²) in [4.78, 5) is 35.3. The van der Waals surface area contributed by atoms with Gasteiger partial charge >= 0.3 is 19.8 Å². The molecular weight excluding hydrogens is 701 g/mol. The van der Waals surface area contributed by atoms with Crippen molar-refractivity contribution in [2.75, 3.05) is 47.5 Å². The van der Waals surface area contributed by atoms with E-state index in [-0.39, 0.29) is 32.0 Å². The van der Waals surface area contributed by atoms with Crippen LogP contribution < -0.4 is 0 Å². The molecule has 0 spiro atoms. The van der Waals surface area contributed by atoms with Gasteiger partial charge in [0.2, 0.25) is 0 Å². The van der Waals surface area contributed by atoms with Gasteiger partial charge < -0.3 is 18.9 Å². The molecule has 0 aliphatic heterocycles. The van der Waals surface area contributed by atoms with Crippen LogP contribution in [0.25, 0.3) is 0 Å². The molecule has 10 heteroatoms. The third kappa shape index (κ3) is 39.9. The highest BCUT2D eigenvalue weighted by Gasteiger charge is 2.27. The van der Waals surface area contributed by atoms with E-state index in [0.29, 0.717) is 17.4 Å². The van der Waals surface area contributed by atoms with Gasteiger partial charge in [0.1, 0.15) is 19.8 Å². The van der Waals surface area contributed by atoms with Crippen molar-refractivity contribution in [3.8, 4) is 0 Å². The third-order valence-corrected chi connectivity index (χ3v) is 10.1. The molecule has 0 aliphatic carbocycles. The molecule has 1 unspecified atom stereocenters. The second kappa shape index (κ2) is 36.8. The maximum atomic E-state index is 12.6. The van der Waals surface area contributed by atoms with Crippen molar-refractivity contribution in [1.29, 1.82) is 0 Å². The summed E-state index contributed by atoms with van der Waals surface area (Å²) >= 11 is 0. The Kier molecular flexibility index (Phi) is 35.6. The molecule has 0 amide bonds. The van der Waals surface area contributed by atoms with Crippen molar-refractivity contribution >= 4 is 19.8 Å². The van der Waals surface area contributed by atoms with Crippen LogP contribution >= 0.6 is 7.82 Å². The maximum Gasteiger partial charge on any atom is 0.472 e. The normalized spacial score (nSPS) is 14.0. The van der Waals surface area contributed by atoms with Crippen LogP contribution in [0.2, 0.25) is 0 Å². The van der Waals surface area contributed by atoms with Gasteiger partial charge in [-0.1, -0.05) is 140 Å². The van der Waals surface area contributed by atoms with Crippen molar-refractivity contribution in [1.82, 2.24) is 0 Å². The second-order valence-corrected chi connectivity index (χ2v) is 17.2. The van der Waals surface area contributed by atoms with Crippen molar-refractivity contribution in [3.63, 3.8) is 0 Å². The molecule has 0 aliphatic rings. The number of hydrogen-bond donors (Lipinski definition) is 1. The van der Waals surface area contributed by atoms with Gasteiger partial charge in [0.15, 0.2) is 6.10 Å². The first-order valence-electron chi connectivity index (χ1n) is 21.7. The fourth-order valence-corrected chi connectivity index (χ4v) is 6.41. The number of unbranched alkanes of at least 4 members (excludes halogenated alkanes) is 19. The van der Waals surface area contributed by atoms with Crippen LogP contribution in [0.5, 0.6) is 0 Å². The molecule has 0 bridgehead atoms. The number of carbonyl (C=O) groups is 2. The predicted molar refractivity (Wildman–Crippen MR) is 224 cm³/mol. The van der Waals surface area contributed by atoms with Gasteiger partial charge in [0, 0.05) is 12.8 Å². The predicted octanol–water partition coefficient (Wildman–Crippen LogP) is 12.1. The molecule has 316 valence electrons. The molecule has 54 heavy (non-hydrogen) atoms. The Labute approximate surface area is 331 Å². The fraction of sp³-hybridized carbons (Fsp3) is 0.818. The summed E-state index contributed by atoms with van der Waals surface area (Å²) in [6.07, 6.45) is 40.5. The number of esters is 2. The van der Waals surface area contributed by atoms with Crippen LogP contribution in [0.4, 0.5) is 0 Å². The zero-order chi connectivity index (χ0) is 40.0.